The third-order valence-corrected chi connectivity index (χ3v) is 5.24. The van der Waals surface area contributed by atoms with Gasteiger partial charge < -0.3 is 0 Å². The van der Waals surface area contributed by atoms with Gasteiger partial charge in [0.25, 0.3) is 0 Å². The predicted molar refractivity (Wildman–Crippen MR) is 115 cm³/mol. The summed E-state index contributed by atoms with van der Waals surface area (Å²) in [5.74, 6) is 0. The van der Waals surface area contributed by atoms with Crippen molar-refractivity contribution in [3.8, 4) is 0 Å². The molecule has 0 saturated heterocycles. The molecular weight excluding hydrogens is 300 g/mol. The maximum absolute atomic E-state index is 2.41. The highest BCUT2D eigenvalue weighted by Gasteiger charge is 1.95. The fourth-order valence-electron chi connectivity index (χ4n) is 3.48. The van der Waals surface area contributed by atoms with Gasteiger partial charge in [-0.25, -0.2) is 0 Å². The molecule has 0 spiro atoms. The topological polar surface area (TPSA) is 0 Å². The van der Waals surface area contributed by atoms with Crippen molar-refractivity contribution < 1.29 is 0 Å². The Morgan fingerprint density at radius 1 is 0.640 bits per heavy atom. The molecule has 0 radical (unpaired) electrons. The van der Waals surface area contributed by atoms with Crippen LogP contribution in [0, 0.1) is 0 Å². The zero-order valence-corrected chi connectivity index (χ0v) is 17.1. The summed E-state index contributed by atoms with van der Waals surface area (Å²) in [4.78, 5) is 0. The van der Waals surface area contributed by atoms with Crippen molar-refractivity contribution in [1.29, 1.82) is 0 Å². The van der Waals surface area contributed by atoms with Crippen molar-refractivity contribution in [3.63, 3.8) is 0 Å². The normalized spacial score (nSPS) is 11.8. The maximum Gasteiger partial charge on any atom is -0.0231 e. The standard InChI is InChI=1S/C25H42/c1-3-4-5-6-7-8-9-10-11-12-13-14-15-16-18-21-24(2)25-22-19-17-20-23-25/h17,19-23H,3-16,18H2,1-2H3. The van der Waals surface area contributed by atoms with Crippen molar-refractivity contribution in [2.24, 2.45) is 0 Å². The number of benzene rings is 1. The van der Waals surface area contributed by atoms with E-state index in [-0.39, 0.29) is 0 Å². The van der Waals surface area contributed by atoms with Crippen LogP contribution in [0.15, 0.2) is 36.4 Å². The molecule has 25 heavy (non-hydrogen) atoms. The number of rotatable bonds is 16. The monoisotopic (exact) mass is 342 g/mol. The second kappa shape index (κ2) is 16.4. The quantitative estimate of drug-likeness (QED) is 0.263. The lowest BCUT2D eigenvalue weighted by atomic mass is 10.0. The molecule has 1 aromatic carbocycles. The van der Waals surface area contributed by atoms with Crippen molar-refractivity contribution in [2.45, 2.75) is 110 Å². The van der Waals surface area contributed by atoms with Crippen LogP contribution in [0.4, 0.5) is 0 Å². The minimum Gasteiger partial charge on any atom is -0.0810 e. The van der Waals surface area contributed by atoms with Gasteiger partial charge in [-0.05, 0) is 30.9 Å². The van der Waals surface area contributed by atoms with E-state index in [0.717, 1.165) is 0 Å². The van der Waals surface area contributed by atoms with Gasteiger partial charge in [-0.3, -0.25) is 0 Å². The van der Waals surface area contributed by atoms with Gasteiger partial charge >= 0.3 is 0 Å². The van der Waals surface area contributed by atoms with Gasteiger partial charge in [-0.1, -0.05) is 127 Å². The van der Waals surface area contributed by atoms with Crippen LogP contribution in [0.2, 0.25) is 0 Å². The molecule has 0 amide bonds. The van der Waals surface area contributed by atoms with Crippen LogP contribution in [0.5, 0.6) is 0 Å². The molecule has 0 saturated carbocycles. The molecule has 0 aliphatic rings. The number of hydrogen-bond acceptors (Lipinski definition) is 0. The van der Waals surface area contributed by atoms with Gasteiger partial charge in [-0.2, -0.15) is 0 Å². The lowest BCUT2D eigenvalue weighted by Crippen LogP contribution is -1.83. The molecule has 0 fully saturated rings. The van der Waals surface area contributed by atoms with Gasteiger partial charge in [0.1, 0.15) is 0 Å². The highest BCUT2D eigenvalue weighted by Crippen LogP contribution is 2.16. The molecule has 0 heteroatoms. The zero-order valence-electron chi connectivity index (χ0n) is 17.1. The first-order valence-corrected chi connectivity index (χ1v) is 11.1. The van der Waals surface area contributed by atoms with Crippen LogP contribution in [0.1, 0.15) is 116 Å². The maximum atomic E-state index is 2.41. The Labute approximate surface area is 158 Å². The fraction of sp³-hybridized carbons (Fsp3) is 0.680. The minimum atomic E-state index is 1.23. The van der Waals surface area contributed by atoms with E-state index in [1.807, 2.05) is 0 Å². The van der Waals surface area contributed by atoms with Crippen molar-refractivity contribution in [2.75, 3.05) is 0 Å². The van der Waals surface area contributed by atoms with Crippen LogP contribution in [0.3, 0.4) is 0 Å². The summed E-state index contributed by atoms with van der Waals surface area (Å²) in [5, 5.41) is 0. The van der Waals surface area contributed by atoms with E-state index in [0.29, 0.717) is 0 Å². The molecule has 1 aromatic rings. The van der Waals surface area contributed by atoms with Gasteiger partial charge in [0.2, 0.25) is 0 Å². The molecule has 0 unspecified atom stereocenters. The Morgan fingerprint density at radius 2 is 1.08 bits per heavy atom. The van der Waals surface area contributed by atoms with Crippen molar-refractivity contribution in [1.82, 2.24) is 0 Å². The fourth-order valence-corrected chi connectivity index (χ4v) is 3.48. The van der Waals surface area contributed by atoms with Crippen molar-refractivity contribution in [3.05, 3.63) is 42.0 Å². The minimum absolute atomic E-state index is 1.23. The number of unbranched alkanes of at least 4 members (excludes halogenated alkanes) is 14. The third kappa shape index (κ3) is 12.9. The Kier molecular flexibility index (Phi) is 14.5. The summed E-state index contributed by atoms with van der Waals surface area (Å²) in [6.07, 6.45) is 23.8. The lowest BCUT2D eigenvalue weighted by molar-refractivity contribution is 0.536. The summed E-state index contributed by atoms with van der Waals surface area (Å²) < 4.78 is 0. The van der Waals surface area contributed by atoms with Gasteiger partial charge in [0.05, 0.1) is 0 Å². The largest absolute Gasteiger partial charge is 0.0810 e. The van der Waals surface area contributed by atoms with E-state index in [9.17, 15) is 0 Å². The predicted octanol–water partition coefficient (Wildman–Crippen LogP) is 8.96. The Balaban J connectivity index is 1.83. The smallest absolute Gasteiger partial charge is 0.0231 e. The summed E-state index contributed by atoms with van der Waals surface area (Å²) in [7, 11) is 0. The molecule has 0 aromatic heterocycles. The first-order chi connectivity index (χ1) is 12.3. The highest BCUT2D eigenvalue weighted by atomic mass is 14.0. The second-order valence-corrected chi connectivity index (χ2v) is 7.64. The van der Waals surface area contributed by atoms with Gasteiger partial charge in [0, 0.05) is 0 Å². The summed E-state index contributed by atoms with van der Waals surface area (Å²) in [6, 6.07) is 10.7. The molecule has 0 N–H and O–H groups in total. The molecule has 0 heterocycles. The van der Waals surface area contributed by atoms with Crippen LogP contribution in [0.25, 0.3) is 5.57 Å². The van der Waals surface area contributed by atoms with Gasteiger partial charge in [-0.15, -0.1) is 0 Å². The molecule has 0 bridgehead atoms. The van der Waals surface area contributed by atoms with Gasteiger partial charge in [0.15, 0.2) is 0 Å². The summed E-state index contributed by atoms with van der Waals surface area (Å²) in [6.45, 7) is 4.53. The summed E-state index contributed by atoms with van der Waals surface area (Å²) >= 11 is 0. The first-order valence-electron chi connectivity index (χ1n) is 11.1. The van der Waals surface area contributed by atoms with Crippen LogP contribution < -0.4 is 0 Å². The number of allylic oxidation sites excluding steroid dienone is 2. The van der Waals surface area contributed by atoms with Crippen LogP contribution in [-0.4, -0.2) is 0 Å². The average Bonchev–Trinajstić information content (AvgIpc) is 2.65. The Morgan fingerprint density at radius 3 is 1.56 bits per heavy atom. The van der Waals surface area contributed by atoms with E-state index in [4.69, 9.17) is 0 Å². The third-order valence-electron chi connectivity index (χ3n) is 5.24. The number of hydrogen-bond donors (Lipinski definition) is 0. The lowest BCUT2D eigenvalue weighted by Gasteiger charge is -2.03. The van der Waals surface area contributed by atoms with Crippen molar-refractivity contribution >= 4 is 5.57 Å². The highest BCUT2D eigenvalue weighted by molar-refractivity contribution is 5.63. The Bertz CT molecular complexity index is 415. The zero-order chi connectivity index (χ0) is 18.0. The molecule has 0 aliphatic heterocycles. The van der Waals surface area contributed by atoms with E-state index in [1.165, 1.54) is 107 Å². The molecule has 0 aliphatic carbocycles. The second-order valence-electron chi connectivity index (χ2n) is 7.64. The SMILES string of the molecule is CCCCCCCCCCCCCCCCC=C(C)c1ccccc1. The van der Waals surface area contributed by atoms with Crippen LogP contribution >= 0.6 is 0 Å². The molecule has 0 atom stereocenters. The average molecular weight is 343 g/mol. The molecule has 1 rings (SSSR count). The van der Waals surface area contributed by atoms with E-state index >= 15 is 0 Å². The summed E-state index contributed by atoms with van der Waals surface area (Å²) in [5.41, 5.74) is 2.79. The van der Waals surface area contributed by atoms with E-state index in [1.54, 1.807) is 0 Å². The van der Waals surface area contributed by atoms with E-state index < -0.39 is 0 Å². The first kappa shape index (κ1) is 22.0. The molecule has 0 nitrogen and oxygen atoms in total. The molecule has 142 valence electrons. The molecular formula is C25H42. The van der Waals surface area contributed by atoms with E-state index in [2.05, 4.69) is 50.3 Å². The van der Waals surface area contributed by atoms with Crippen LogP contribution in [-0.2, 0) is 0 Å². The Hall–Kier alpha value is -1.04.